The fraction of sp³-hybridized carbons (Fsp3) is 0.440. The summed E-state index contributed by atoms with van der Waals surface area (Å²) in [5.41, 5.74) is 4.99. The van der Waals surface area contributed by atoms with Crippen LogP contribution in [-0.4, -0.2) is 47.5 Å². The van der Waals surface area contributed by atoms with Gasteiger partial charge in [-0.3, -0.25) is 15.1 Å². The molecule has 1 saturated heterocycles. The number of aromatic hydroxyl groups is 1. The van der Waals surface area contributed by atoms with Crippen LogP contribution in [0.1, 0.15) is 54.5 Å². The number of phenolic OH excluding ortho intramolecular Hbond substituents is 1. The molecule has 0 bridgehead atoms. The SMILES string of the molecule is COc1cccc([C@H]2CC(c3ccc(C)c(C)c3)=NC3(CCN(C(C)=O)CC3)N2)c1O. The van der Waals surface area contributed by atoms with E-state index in [1.54, 1.807) is 20.1 Å². The van der Waals surface area contributed by atoms with Crippen LogP contribution in [0.5, 0.6) is 11.5 Å². The van der Waals surface area contributed by atoms with Crippen molar-refractivity contribution in [1.82, 2.24) is 10.2 Å². The number of nitrogens with one attached hydrogen (secondary N) is 1. The Bertz CT molecular complexity index is 1020. The number of carbonyl (C=O) groups is 1. The average molecular weight is 422 g/mol. The highest BCUT2D eigenvalue weighted by Gasteiger charge is 2.41. The monoisotopic (exact) mass is 421 g/mol. The minimum absolute atomic E-state index is 0.103. The van der Waals surface area contributed by atoms with Crippen molar-refractivity contribution in [2.45, 2.75) is 51.7 Å². The van der Waals surface area contributed by atoms with E-state index >= 15 is 0 Å². The highest BCUT2D eigenvalue weighted by molar-refractivity contribution is 6.02. The van der Waals surface area contributed by atoms with Crippen LogP contribution >= 0.6 is 0 Å². The van der Waals surface area contributed by atoms with Gasteiger partial charge in [-0.05, 0) is 42.7 Å². The lowest BCUT2D eigenvalue weighted by molar-refractivity contribution is -0.130. The highest BCUT2D eigenvalue weighted by Crippen LogP contribution is 2.40. The van der Waals surface area contributed by atoms with Crippen molar-refractivity contribution in [3.8, 4) is 11.5 Å². The molecule has 0 unspecified atom stereocenters. The maximum absolute atomic E-state index is 11.8. The molecule has 1 amide bonds. The highest BCUT2D eigenvalue weighted by atomic mass is 16.5. The standard InChI is InChI=1S/C25H31N3O3/c1-16-8-9-19(14-17(16)2)21-15-22(20-6-5-7-23(31-4)24(20)30)27-25(26-21)10-12-28(13-11-25)18(3)29/h5-9,14,22,27,30H,10-13,15H2,1-4H3/t22-/m1/s1. The van der Waals surface area contributed by atoms with Gasteiger partial charge in [-0.1, -0.05) is 24.3 Å². The van der Waals surface area contributed by atoms with E-state index in [9.17, 15) is 9.90 Å². The molecule has 2 aliphatic heterocycles. The largest absolute Gasteiger partial charge is 0.504 e. The number of para-hydroxylation sites is 1. The zero-order chi connectivity index (χ0) is 22.2. The first-order chi connectivity index (χ1) is 14.8. The van der Waals surface area contributed by atoms with Crippen LogP contribution in [-0.2, 0) is 4.79 Å². The van der Waals surface area contributed by atoms with E-state index in [2.05, 4.69) is 37.4 Å². The number of likely N-dealkylation sites (tertiary alicyclic amines) is 1. The normalized spacial score (nSPS) is 20.5. The van der Waals surface area contributed by atoms with Gasteiger partial charge >= 0.3 is 0 Å². The fourth-order valence-corrected chi connectivity index (χ4v) is 4.63. The lowest BCUT2D eigenvalue weighted by Gasteiger charge is -2.45. The summed E-state index contributed by atoms with van der Waals surface area (Å²) in [5.74, 6) is 0.737. The lowest BCUT2D eigenvalue weighted by Crippen LogP contribution is -2.56. The summed E-state index contributed by atoms with van der Waals surface area (Å²) < 4.78 is 5.34. The maximum atomic E-state index is 11.8. The number of aliphatic imine (C=N–C) groups is 1. The molecule has 4 rings (SSSR count). The smallest absolute Gasteiger partial charge is 0.219 e. The van der Waals surface area contributed by atoms with Crippen molar-refractivity contribution >= 4 is 11.6 Å². The molecule has 2 aromatic carbocycles. The van der Waals surface area contributed by atoms with E-state index in [0.717, 1.165) is 29.7 Å². The molecule has 2 heterocycles. The molecule has 2 aromatic rings. The Labute approximate surface area is 183 Å². The summed E-state index contributed by atoms with van der Waals surface area (Å²) in [4.78, 5) is 18.9. The molecule has 0 radical (unpaired) electrons. The van der Waals surface area contributed by atoms with Crippen LogP contribution in [0.2, 0.25) is 0 Å². The number of amides is 1. The van der Waals surface area contributed by atoms with Gasteiger partial charge in [0.15, 0.2) is 11.5 Å². The molecule has 2 aliphatic rings. The second kappa shape index (κ2) is 8.35. The molecular weight excluding hydrogens is 390 g/mol. The van der Waals surface area contributed by atoms with Gasteiger partial charge in [0.1, 0.15) is 5.66 Å². The summed E-state index contributed by atoms with van der Waals surface area (Å²) in [6, 6.07) is 12.0. The van der Waals surface area contributed by atoms with Crippen molar-refractivity contribution in [2.24, 2.45) is 4.99 Å². The number of benzene rings is 2. The van der Waals surface area contributed by atoms with Crippen LogP contribution in [0.3, 0.4) is 0 Å². The predicted octanol–water partition coefficient (Wildman–Crippen LogP) is 3.88. The summed E-state index contributed by atoms with van der Waals surface area (Å²) >= 11 is 0. The second-order valence-corrected chi connectivity index (χ2v) is 8.69. The van der Waals surface area contributed by atoms with Gasteiger partial charge in [-0.2, -0.15) is 0 Å². The van der Waals surface area contributed by atoms with Crippen LogP contribution in [0.4, 0.5) is 0 Å². The number of carbonyl (C=O) groups excluding carboxylic acids is 1. The molecule has 2 N–H and O–H groups in total. The summed E-state index contributed by atoms with van der Waals surface area (Å²) in [5, 5.41) is 14.5. The Morgan fingerprint density at radius 3 is 2.58 bits per heavy atom. The molecule has 6 heteroatoms. The van der Waals surface area contributed by atoms with Gasteiger partial charge in [-0.15, -0.1) is 0 Å². The lowest BCUT2D eigenvalue weighted by atomic mass is 9.87. The number of piperidine rings is 1. The van der Waals surface area contributed by atoms with Crippen molar-refractivity contribution in [2.75, 3.05) is 20.2 Å². The molecule has 164 valence electrons. The van der Waals surface area contributed by atoms with E-state index in [0.29, 0.717) is 25.3 Å². The van der Waals surface area contributed by atoms with Crippen molar-refractivity contribution in [3.05, 3.63) is 58.7 Å². The molecule has 6 nitrogen and oxygen atoms in total. The van der Waals surface area contributed by atoms with Gasteiger partial charge in [0.2, 0.25) is 5.91 Å². The quantitative estimate of drug-likeness (QED) is 0.789. The minimum atomic E-state index is -0.460. The van der Waals surface area contributed by atoms with Gasteiger partial charge < -0.3 is 14.7 Å². The van der Waals surface area contributed by atoms with Crippen molar-refractivity contribution in [3.63, 3.8) is 0 Å². The molecule has 0 aromatic heterocycles. The number of nitrogens with zero attached hydrogens (tertiary/aromatic N) is 2. The Kier molecular flexibility index (Phi) is 5.75. The summed E-state index contributed by atoms with van der Waals surface area (Å²) in [6.07, 6.45) is 2.14. The Hall–Kier alpha value is -2.86. The van der Waals surface area contributed by atoms with Crippen molar-refractivity contribution < 1.29 is 14.6 Å². The van der Waals surface area contributed by atoms with Gasteiger partial charge in [0.25, 0.3) is 0 Å². The summed E-state index contributed by atoms with van der Waals surface area (Å²) in [6.45, 7) is 7.19. The second-order valence-electron chi connectivity index (χ2n) is 8.69. The Morgan fingerprint density at radius 2 is 1.94 bits per heavy atom. The number of hydrogen-bond donors (Lipinski definition) is 2. The predicted molar refractivity (Wildman–Crippen MR) is 122 cm³/mol. The van der Waals surface area contributed by atoms with E-state index in [1.807, 2.05) is 17.0 Å². The molecule has 1 spiro atoms. The van der Waals surface area contributed by atoms with Crippen LogP contribution in [0.25, 0.3) is 0 Å². The van der Waals surface area contributed by atoms with E-state index in [-0.39, 0.29) is 17.7 Å². The zero-order valence-corrected chi connectivity index (χ0v) is 18.7. The topological polar surface area (TPSA) is 74.2 Å². The van der Waals surface area contributed by atoms with Crippen LogP contribution in [0.15, 0.2) is 41.4 Å². The van der Waals surface area contributed by atoms with Crippen LogP contribution < -0.4 is 10.1 Å². The molecule has 0 saturated carbocycles. The van der Waals surface area contributed by atoms with Gasteiger partial charge in [-0.25, -0.2) is 0 Å². The summed E-state index contributed by atoms with van der Waals surface area (Å²) in [7, 11) is 1.56. The van der Waals surface area contributed by atoms with Gasteiger partial charge in [0, 0.05) is 56.6 Å². The Balaban J connectivity index is 1.74. The van der Waals surface area contributed by atoms with E-state index in [4.69, 9.17) is 9.73 Å². The number of rotatable bonds is 3. The zero-order valence-electron chi connectivity index (χ0n) is 18.7. The van der Waals surface area contributed by atoms with Crippen LogP contribution in [0, 0.1) is 13.8 Å². The van der Waals surface area contributed by atoms with E-state index < -0.39 is 5.66 Å². The first-order valence-corrected chi connectivity index (χ1v) is 10.9. The third-order valence-corrected chi connectivity index (χ3v) is 6.69. The molecule has 1 fully saturated rings. The number of ether oxygens (including phenoxy) is 1. The number of phenols is 1. The molecule has 31 heavy (non-hydrogen) atoms. The van der Waals surface area contributed by atoms with E-state index in [1.165, 1.54) is 11.1 Å². The third-order valence-electron chi connectivity index (χ3n) is 6.69. The average Bonchev–Trinajstić information content (AvgIpc) is 2.76. The maximum Gasteiger partial charge on any atom is 0.219 e. The number of aryl methyl sites for hydroxylation is 2. The first kappa shape index (κ1) is 21.4. The molecular formula is C25H31N3O3. The third kappa shape index (κ3) is 4.17. The number of hydrogen-bond acceptors (Lipinski definition) is 5. The van der Waals surface area contributed by atoms with Crippen molar-refractivity contribution in [1.29, 1.82) is 0 Å². The Morgan fingerprint density at radius 1 is 1.19 bits per heavy atom. The number of methoxy groups -OCH3 is 1. The minimum Gasteiger partial charge on any atom is -0.504 e. The first-order valence-electron chi connectivity index (χ1n) is 10.9. The fourth-order valence-electron chi connectivity index (χ4n) is 4.63. The molecule has 0 aliphatic carbocycles. The van der Waals surface area contributed by atoms with Gasteiger partial charge in [0.05, 0.1) is 7.11 Å². The molecule has 1 atom stereocenters.